The van der Waals surface area contributed by atoms with Crippen molar-refractivity contribution in [3.8, 4) is 11.3 Å². The van der Waals surface area contributed by atoms with Crippen LogP contribution in [0.3, 0.4) is 0 Å². The van der Waals surface area contributed by atoms with Gasteiger partial charge in [0.15, 0.2) is 0 Å². The van der Waals surface area contributed by atoms with Crippen molar-refractivity contribution in [3.63, 3.8) is 0 Å². The zero-order valence-electron chi connectivity index (χ0n) is 20.5. The highest BCUT2D eigenvalue weighted by Crippen LogP contribution is 2.33. The Hall–Kier alpha value is -4.42. The summed E-state index contributed by atoms with van der Waals surface area (Å²) in [5.41, 5.74) is 14.2. The Kier molecular flexibility index (Phi) is 6.52. The first-order valence-corrected chi connectivity index (χ1v) is 12.0. The van der Waals surface area contributed by atoms with Crippen LogP contribution in [0.2, 0.25) is 0 Å². The number of nitrogens with one attached hydrogen (secondary N) is 2. The molecule has 2 aromatic heterocycles. The van der Waals surface area contributed by atoms with E-state index in [-0.39, 0.29) is 5.91 Å². The Labute approximate surface area is 210 Å². The van der Waals surface area contributed by atoms with Crippen LogP contribution in [-0.4, -0.2) is 15.3 Å². The number of nitrogens with two attached hydrogens (primary N) is 1. The van der Waals surface area contributed by atoms with Crippen molar-refractivity contribution in [2.45, 2.75) is 26.9 Å². The molecule has 0 aliphatic carbocycles. The van der Waals surface area contributed by atoms with Crippen LogP contribution >= 0.6 is 0 Å². The Balaban J connectivity index is 1.49. The van der Waals surface area contributed by atoms with Gasteiger partial charge in [0.05, 0.1) is 0 Å². The molecular weight excluding hydrogens is 446 g/mol. The van der Waals surface area contributed by atoms with Crippen LogP contribution in [0.5, 0.6) is 0 Å². The zero-order chi connectivity index (χ0) is 25.1. The molecule has 0 saturated heterocycles. The van der Waals surface area contributed by atoms with Gasteiger partial charge in [0.25, 0.3) is 5.91 Å². The van der Waals surface area contributed by atoms with E-state index in [4.69, 9.17) is 10.7 Å². The molecule has 2 heterocycles. The number of fused-ring (bicyclic) bond motifs is 1. The molecular formula is C30H29N5O. The van der Waals surface area contributed by atoms with E-state index in [0.29, 0.717) is 24.3 Å². The van der Waals surface area contributed by atoms with Crippen molar-refractivity contribution in [1.29, 1.82) is 0 Å². The van der Waals surface area contributed by atoms with Gasteiger partial charge < -0.3 is 16.4 Å². The molecule has 0 saturated carbocycles. The number of rotatable bonds is 7. The Morgan fingerprint density at radius 2 is 1.61 bits per heavy atom. The number of nitrogens with zero attached hydrogens (tertiary/aromatic N) is 2. The molecule has 0 aliphatic heterocycles. The first kappa shape index (κ1) is 23.3. The Bertz CT molecular complexity index is 1520. The van der Waals surface area contributed by atoms with Gasteiger partial charge in [-0.25, -0.2) is 4.98 Å². The number of aromatic nitrogens is 2. The number of para-hydroxylation sites is 1. The standard InChI is InChI=1S/C30H29N5O/c1-20-8-6-9-21(2)27(20)34-29-28(24-12-4-3-5-13-24)33-26-17-25(14-15-35(26)29)30(36)32-19-23-11-7-10-22(16-23)18-31/h3-17,34H,18-19,31H2,1-2H3,(H,32,36). The van der Waals surface area contributed by atoms with Crippen LogP contribution in [0, 0.1) is 13.8 Å². The second-order valence-corrected chi connectivity index (χ2v) is 8.92. The number of amides is 1. The van der Waals surface area contributed by atoms with Crippen LogP contribution in [-0.2, 0) is 13.1 Å². The zero-order valence-corrected chi connectivity index (χ0v) is 20.5. The quantitative estimate of drug-likeness (QED) is 0.280. The minimum atomic E-state index is -0.149. The second kappa shape index (κ2) is 10.1. The lowest BCUT2D eigenvalue weighted by Crippen LogP contribution is -2.23. The molecule has 5 aromatic rings. The van der Waals surface area contributed by atoms with Gasteiger partial charge in [0, 0.05) is 36.1 Å². The molecule has 0 bridgehead atoms. The summed E-state index contributed by atoms with van der Waals surface area (Å²) in [6.07, 6.45) is 1.90. The molecule has 6 nitrogen and oxygen atoms in total. The first-order chi connectivity index (χ1) is 17.5. The van der Waals surface area contributed by atoms with E-state index < -0.39 is 0 Å². The number of benzene rings is 3. The third kappa shape index (κ3) is 4.72. The first-order valence-electron chi connectivity index (χ1n) is 12.0. The van der Waals surface area contributed by atoms with Crippen molar-refractivity contribution in [1.82, 2.24) is 14.7 Å². The number of pyridine rings is 1. The molecule has 0 unspecified atom stereocenters. The Morgan fingerprint density at radius 3 is 2.36 bits per heavy atom. The Morgan fingerprint density at radius 1 is 0.889 bits per heavy atom. The summed E-state index contributed by atoms with van der Waals surface area (Å²) >= 11 is 0. The summed E-state index contributed by atoms with van der Waals surface area (Å²) in [4.78, 5) is 17.9. The normalized spacial score (nSPS) is 11.0. The van der Waals surface area contributed by atoms with E-state index >= 15 is 0 Å². The molecule has 6 heteroatoms. The maximum absolute atomic E-state index is 13.0. The topological polar surface area (TPSA) is 84.5 Å². The molecule has 1 amide bonds. The van der Waals surface area contributed by atoms with Gasteiger partial charge in [-0.2, -0.15) is 0 Å². The fourth-order valence-electron chi connectivity index (χ4n) is 4.38. The smallest absolute Gasteiger partial charge is 0.251 e. The summed E-state index contributed by atoms with van der Waals surface area (Å²) in [6.45, 7) is 5.08. The van der Waals surface area contributed by atoms with Gasteiger partial charge in [0.2, 0.25) is 0 Å². The monoisotopic (exact) mass is 475 g/mol. The highest BCUT2D eigenvalue weighted by Gasteiger charge is 2.17. The van der Waals surface area contributed by atoms with Gasteiger partial charge in [0.1, 0.15) is 17.2 Å². The largest absolute Gasteiger partial charge is 0.348 e. The van der Waals surface area contributed by atoms with E-state index in [1.165, 1.54) is 0 Å². The lowest BCUT2D eigenvalue weighted by Gasteiger charge is -2.14. The molecule has 0 spiro atoms. The fraction of sp³-hybridized carbons (Fsp3) is 0.133. The van der Waals surface area contributed by atoms with Crippen molar-refractivity contribution >= 4 is 23.1 Å². The van der Waals surface area contributed by atoms with Crippen molar-refractivity contribution in [2.75, 3.05) is 5.32 Å². The predicted octanol–water partition coefficient (Wildman–Crippen LogP) is 5.75. The van der Waals surface area contributed by atoms with E-state index in [1.54, 1.807) is 0 Å². The summed E-state index contributed by atoms with van der Waals surface area (Å²) in [6, 6.07) is 27.9. The third-order valence-corrected chi connectivity index (χ3v) is 6.34. The maximum Gasteiger partial charge on any atom is 0.251 e. The van der Waals surface area contributed by atoms with E-state index in [1.807, 2.05) is 77.3 Å². The molecule has 0 aliphatic rings. The highest BCUT2D eigenvalue weighted by molar-refractivity contribution is 5.95. The number of hydrogen-bond acceptors (Lipinski definition) is 4. The van der Waals surface area contributed by atoms with E-state index in [9.17, 15) is 4.79 Å². The van der Waals surface area contributed by atoms with E-state index in [2.05, 4.69) is 42.7 Å². The molecule has 0 fully saturated rings. The van der Waals surface area contributed by atoms with E-state index in [0.717, 1.165) is 45.0 Å². The third-order valence-electron chi connectivity index (χ3n) is 6.34. The molecule has 4 N–H and O–H groups in total. The van der Waals surface area contributed by atoms with Crippen LogP contribution in [0.1, 0.15) is 32.6 Å². The molecule has 36 heavy (non-hydrogen) atoms. The summed E-state index contributed by atoms with van der Waals surface area (Å²) < 4.78 is 2.00. The number of carbonyl (C=O) groups is 1. The lowest BCUT2D eigenvalue weighted by atomic mass is 10.1. The lowest BCUT2D eigenvalue weighted by molar-refractivity contribution is 0.0951. The maximum atomic E-state index is 13.0. The van der Waals surface area contributed by atoms with Gasteiger partial charge in [-0.1, -0.05) is 72.8 Å². The molecule has 3 aromatic carbocycles. The SMILES string of the molecule is Cc1cccc(C)c1Nc1c(-c2ccccc2)nc2cc(C(=O)NCc3cccc(CN)c3)ccn12. The minimum Gasteiger partial charge on any atom is -0.348 e. The van der Waals surface area contributed by atoms with Crippen molar-refractivity contribution in [2.24, 2.45) is 5.73 Å². The number of imidazole rings is 1. The molecule has 180 valence electrons. The summed E-state index contributed by atoms with van der Waals surface area (Å²) in [5, 5.41) is 6.63. The number of hydrogen-bond donors (Lipinski definition) is 3. The van der Waals surface area contributed by atoms with Crippen LogP contribution in [0.4, 0.5) is 11.5 Å². The summed E-state index contributed by atoms with van der Waals surface area (Å²) in [7, 11) is 0. The van der Waals surface area contributed by atoms with Crippen LogP contribution in [0.15, 0.2) is 91.1 Å². The van der Waals surface area contributed by atoms with Crippen LogP contribution in [0.25, 0.3) is 16.9 Å². The number of carbonyl (C=O) groups excluding carboxylic acids is 1. The van der Waals surface area contributed by atoms with Crippen molar-refractivity contribution < 1.29 is 4.79 Å². The van der Waals surface area contributed by atoms with Gasteiger partial charge >= 0.3 is 0 Å². The van der Waals surface area contributed by atoms with Crippen LogP contribution < -0.4 is 16.4 Å². The number of anilines is 2. The number of aryl methyl sites for hydroxylation is 2. The predicted molar refractivity (Wildman–Crippen MR) is 145 cm³/mol. The second-order valence-electron chi connectivity index (χ2n) is 8.92. The van der Waals surface area contributed by atoms with Gasteiger partial charge in [-0.3, -0.25) is 9.20 Å². The highest BCUT2D eigenvalue weighted by atomic mass is 16.1. The van der Waals surface area contributed by atoms with Gasteiger partial charge in [-0.15, -0.1) is 0 Å². The molecule has 0 atom stereocenters. The molecule has 0 radical (unpaired) electrons. The van der Waals surface area contributed by atoms with Gasteiger partial charge in [-0.05, 0) is 48.2 Å². The fourth-order valence-corrected chi connectivity index (χ4v) is 4.38. The average Bonchev–Trinajstić information content (AvgIpc) is 3.27. The molecule has 5 rings (SSSR count). The van der Waals surface area contributed by atoms with Crippen molar-refractivity contribution in [3.05, 3.63) is 119 Å². The summed E-state index contributed by atoms with van der Waals surface area (Å²) in [5.74, 6) is 0.711. The average molecular weight is 476 g/mol. The minimum absolute atomic E-state index is 0.149.